The van der Waals surface area contributed by atoms with Crippen molar-refractivity contribution in [1.29, 1.82) is 0 Å². The van der Waals surface area contributed by atoms with Crippen LogP contribution in [0.1, 0.15) is 0 Å². The summed E-state index contributed by atoms with van der Waals surface area (Å²) in [6, 6.07) is 84.0. The molecule has 2 atom stereocenters. The number of fused-ring (bicyclic) bond motifs is 10. The van der Waals surface area contributed by atoms with E-state index in [-0.39, 0.29) is 0 Å². The second-order valence-electron chi connectivity index (χ2n) is 21.8. The van der Waals surface area contributed by atoms with Gasteiger partial charge in [-0.15, -0.1) is 0 Å². The van der Waals surface area contributed by atoms with Gasteiger partial charge in [0.1, 0.15) is 0 Å². The molecule has 8 nitrogen and oxygen atoms in total. The quantitative estimate of drug-likeness (QED) is 0.162. The van der Waals surface area contributed by atoms with Crippen molar-refractivity contribution in [1.82, 2.24) is 0 Å². The number of hydrogen-bond acceptors (Lipinski definition) is 8. The summed E-state index contributed by atoms with van der Waals surface area (Å²) in [6.45, 7) is 0. The molecule has 0 saturated heterocycles. The Morgan fingerprint density at radius 2 is 0.713 bits per heavy atom. The Kier molecular flexibility index (Phi) is 8.03. The van der Waals surface area contributed by atoms with Crippen molar-refractivity contribution >= 4 is 178 Å². The molecule has 0 fully saturated rings. The predicted octanol–water partition coefficient (Wildman–Crippen LogP) is 14.5. The van der Waals surface area contributed by atoms with Gasteiger partial charge in [-0.3, -0.25) is 0 Å². The summed E-state index contributed by atoms with van der Waals surface area (Å²) in [7, 11) is 0. The summed E-state index contributed by atoms with van der Waals surface area (Å²) in [5.74, 6) is 3.76. The summed E-state index contributed by atoms with van der Waals surface area (Å²) in [5.41, 5.74) is 17.4. The number of rotatable bonds is 4. The Morgan fingerprint density at radius 3 is 1.32 bits per heavy atom. The molecule has 6 aliphatic heterocycles. The van der Waals surface area contributed by atoms with E-state index in [1.54, 1.807) is 0 Å². The molecule has 0 bridgehead atoms. The molecule has 0 radical (unpaired) electrons. The van der Waals surface area contributed by atoms with Crippen LogP contribution in [0.4, 0.5) is 68.2 Å². The molecular formula is C70H40Ge2N4O4. The Bertz CT molecular complexity index is 5140. The van der Waals surface area contributed by atoms with Crippen molar-refractivity contribution in [2.24, 2.45) is 0 Å². The molecule has 80 heavy (non-hydrogen) atoms. The Labute approximate surface area is 466 Å². The van der Waals surface area contributed by atoms with Gasteiger partial charge in [0.05, 0.1) is 0 Å². The molecule has 12 aromatic carbocycles. The summed E-state index contributed by atoms with van der Waals surface area (Å²) < 4.78 is 36.9. The van der Waals surface area contributed by atoms with Crippen LogP contribution in [0, 0.1) is 0 Å². The Hall–Kier alpha value is -9.61. The fourth-order valence-electron chi connectivity index (χ4n) is 14.9. The fraction of sp³-hybridized carbons (Fsp3) is 0. The molecule has 2 unspecified atom stereocenters. The van der Waals surface area contributed by atoms with Crippen molar-refractivity contribution < 1.29 is 18.3 Å². The van der Waals surface area contributed by atoms with Gasteiger partial charge in [-0.25, -0.2) is 0 Å². The number of benzene rings is 12. The monoisotopic (exact) mass is 1150 g/mol. The van der Waals surface area contributed by atoms with Crippen LogP contribution < -0.4 is 55.4 Å². The topological polar surface area (TPSA) is 57.7 Å². The first kappa shape index (κ1) is 42.4. The van der Waals surface area contributed by atoms with E-state index in [1.807, 2.05) is 6.07 Å². The van der Waals surface area contributed by atoms with E-state index in [0.717, 1.165) is 112 Å². The van der Waals surface area contributed by atoms with Crippen LogP contribution in [-0.4, -0.2) is 28.7 Å². The summed E-state index contributed by atoms with van der Waals surface area (Å²) in [4.78, 5) is 10.1. The molecule has 0 spiro atoms. The van der Waals surface area contributed by atoms with Crippen molar-refractivity contribution in [3.8, 4) is 23.0 Å². The van der Waals surface area contributed by atoms with E-state index >= 15 is 0 Å². The second kappa shape index (κ2) is 15.1. The van der Waals surface area contributed by atoms with E-state index in [9.17, 15) is 0 Å². The van der Waals surface area contributed by atoms with Crippen LogP contribution in [0.15, 0.2) is 239 Å². The van der Waals surface area contributed by atoms with E-state index in [1.165, 1.54) is 60.5 Å². The molecule has 20 rings (SSSR count). The van der Waals surface area contributed by atoms with E-state index in [0.29, 0.717) is 0 Å². The van der Waals surface area contributed by atoms with Crippen LogP contribution in [0.25, 0.3) is 54.6 Å². The molecule has 0 N–H and O–H groups in total. The SMILES string of the molecule is c1ccc(N2c3cccc4[c]3[GeH]3[c]5c(cccc5N4c4ccc5oc6ccccc6c5c4)Oc4cc5c6[c]7c(cc5c2[c]43)Oc2cccc3[c]2[GeH]7[c]2c(cc4c(oc5ccccc54)c2N3c2ccccc2)N6c2ccccc2)cc1. The molecule has 6 aliphatic rings. The summed E-state index contributed by atoms with van der Waals surface area (Å²) in [6.07, 6.45) is 0. The van der Waals surface area contributed by atoms with Gasteiger partial charge in [0.15, 0.2) is 0 Å². The predicted molar refractivity (Wildman–Crippen MR) is 329 cm³/mol. The van der Waals surface area contributed by atoms with Crippen molar-refractivity contribution in [2.75, 3.05) is 19.6 Å². The zero-order valence-corrected chi connectivity index (χ0v) is 47.4. The number of nitrogens with zero attached hydrogens (tertiary/aromatic N) is 4. The zero-order valence-electron chi connectivity index (χ0n) is 42.5. The van der Waals surface area contributed by atoms with Crippen molar-refractivity contribution in [2.45, 2.75) is 0 Å². The van der Waals surface area contributed by atoms with Crippen molar-refractivity contribution in [3.05, 3.63) is 231 Å². The third kappa shape index (κ3) is 5.24. The summed E-state index contributed by atoms with van der Waals surface area (Å²) in [5, 5.41) is 6.70. The van der Waals surface area contributed by atoms with Gasteiger partial charge >= 0.3 is 469 Å². The van der Waals surface area contributed by atoms with Gasteiger partial charge < -0.3 is 0 Å². The number of para-hydroxylation sites is 5. The average Bonchev–Trinajstić information content (AvgIpc) is 1.45. The first-order valence-electron chi connectivity index (χ1n) is 27.4. The van der Waals surface area contributed by atoms with Gasteiger partial charge in [0, 0.05) is 0 Å². The number of anilines is 12. The number of ether oxygens (including phenoxy) is 2. The molecule has 372 valence electrons. The molecule has 8 heterocycles. The molecule has 2 aromatic heterocycles. The van der Waals surface area contributed by atoms with Gasteiger partial charge in [-0.1, -0.05) is 0 Å². The van der Waals surface area contributed by atoms with Crippen LogP contribution in [-0.2, 0) is 0 Å². The zero-order chi connectivity index (χ0) is 51.6. The van der Waals surface area contributed by atoms with Crippen LogP contribution in [0.2, 0.25) is 0 Å². The van der Waals surface area contributed by atoms with Crippen LogP contribution >= 0.6 is 0 Å². The molecule has 0 amide bonds. The van der Waals surface area contributed by atoms with Gasteiger partial charge in [-0.05, 0) is 0 Å². The van der Waals surface area contributed by atoms with Crippen molar-refractivity contribution in [3.63, 3.8) is 0 Å². The maximum atomic E-state index is 7.61. The molecule has 0 aliphatic carbocycles. The van der Waals surface area contributed by atoms with Crippen LogP contribution in [0.5, 0.6) is 23.0 Å². The normalized spacial score (nSPS) is 16.1. The van der Waals surface area contributed by atoms with Gasteiger partial charge in [0.25, 0.3) is 0 Å². The number of hydrogen-bond donors (Lipinski definition) is 0. The van der Waals surface area contributed by atoms with Gasteiger partial charge in [-0.2, -0.15) is 0 Å². The molecule has 10 heteroatoms. The Balaban J connectivity index is 0.912. The van der Waals surface area contributed by atoms with E-state index in [2.05, 4.69) is 244 Å². The molecule has 14 aromatic rings. The average molecular weight is 1150 g/mol. The van der Waals surface area contributed by atoms with Gasteiger partial charge in [0.2, 0.25) is 0 Å². The standard InChI is InChI=1S/C70H40Ge2N4O4/c1-4-17-39(18-5-1)74-50-26-14-25-49-61(50)71-62-51(73(49)42-33-34-56-45(35-42)43-23-10-12-29-54(43)77-56)27-15-31-57(62)78-59-38-47-46(67(74)65(59)71)37-60-66-68(47)76(41-21-8-3-9-22-41)53-36-48-44-24-11-13-30-55(44)80-70(48)69-64(53)72(66)63-52(28-16-32-58(63)79-60)75(69)40-19-6-2-7-20-40/h1-38,71-72H. The number of furan rings is 2. The van der Waals surface area contributed by atoms with Crippen LogP contribution in [0.3, 0.4) is 0 Å². The fourth-order valence-corrected chi connectivity index (χ4v) is 31.1. The maximum absolute atomic E-state index is 7.61. The second-order valence-corrected chi connectivity index (χ2v) is 32.7. The van der Waals surface area contributed by atoms with E-state index in [4.69, 9.17) is 18.3 Å². The third-order valence-corrected chi connectivity index (χ3v) is 32.4. The minimum absolute atomic E-state index is 0.878. The molecule has 0 saturated carbocycles. The first-order chi connectivity index (χ1) is 39.7. The molecular weight excluding hydrogens is 1110 g/mol. The Morgan fingerprint density at radius 1 is 0.250 bits per heavy atom. The van der Waals surface area contributed by atoms with E-state index < -0.39 is 28.7 Å². The third-order valence-electron chi connectivity index (χ3n) is 17.9. The summed E-state index contributed by atoms with van der Waals surface area (Å²) >= 11 is -6.31. The first-order valence-corrected chi connectivity index (χ1v) is 34.7. The minimum atomic E-state index is -3.21.